The fourth-order valence-corrected chi connectivity index (χ4v) is 1.96. The summed E-state index contributed by atoms with van der Waals surface area (Å²) in [5.41, 5.74) is 5.06. The second-order valence-corrected chi connectivity index (χ2v) is 3.86. The van der Waals surface area contributed by atoms with Crippen molar-refractivity contribution in [2.24, 2.45) is 5.73 Å². The molecule has 1 fully saturated rings. The Morgan fingerprint density at radius 3 is 2.73 bits per heavy atom. The molecule has 5 heteroatoms. The van der Waals surface area contributed by atoms with Crippen molar-refractivity contribution in [3.8, 4) is 0 Å². The van der Waals surface area contributed by atoms with Crippen LogP contribution in [-0.2, 0) is 4.74 Å². The van der Waals surface area contributed by atoms with E-state index in [0.29, 0.717) is 12.6 Å². The third-order valence-corrected chi connectivity index (χ3v) is 2.71. The summed E-state index contributed by atoms with van der Waals surface area (Å²) in [6.45, 7) is 0.701. The van der Waals surface area contributed by atoms with Gasteiger partial charge in [0.15, 0.2) is 0 Å². The molecule has 0 atom stereocenters. The SMILES string of the molecule is [2H]C([2H])([2H])OCCNC1CCC(NC(N)=O)CC1. The van der Waals surface area contributed by atoms with Gasteiger partial charge in [-0.3, -0.25) is 0 Å². The highest BCUT2D eigenvalue weighted by molar-refractivity contribution is 5.71. The minimum atomic E-state index is -2.31. The van der Waals surface area contributed by atoms with Crippen LogP contribution in [0.25, 0.3) is 0 Å². The topological polar surface area (TPSA) is 76.4 Å². The molecule has 1 aliphatic rings. The highest BCUT2D eigenvalue weighted by atomic mass is 16.5. The zero-order valence-electron chi connectivity index (χ0n) is 11.8. The molecule has 0 spiro atoms. The number of ether oxygens (including phenoxy) is 1. The fraction of sp³-hybridized carbons (Fsp3) is 0.900. The van der Waals surface area contributed by atoms with Crippen LogP contribution in [0.15, 0.2) is 0 Å². The number of urea groups is 1. The van der Waals surface area contributed by atoms with Gasteiger partial charge in [0.25, 0.3) is 0 Å². The summed E-state index contributed by atoms with van der Waals surface area (Å²) in [5, 5.41) is 5.95. The van der Waals surface area contributed by atoms with Gasteiger partial charge in [-0.15, -0.1) is 0 Å². The highest BCUT2D eigenvalue weighted by Crippen LogP contribution is 2.18. The molecule has 0 heterocycles. The van der Waals surface area contributed by atoms with Crippen LogP contribution in [0.4, 0.5) is 4.79 Å². The summed E-state index contributed by atoms with van der Waals surface area (Å²) in [6, 6.07) is 0.0489. The summed E-state index contributed by atoms with van der Waals surface area (Å²) in [4.78, 5) is 10.7. The van der Waals surface area contributed by atoms with Gasteiger partial charge < -0.3 is 21.1 Å². The zero-order chi connectivity index (χ0) is 13.6. The first-order valence-corrected chi connectivity index (χ1v) is 5.30. The van der Waals surface area contributed by atoms with E-state index in [9.17, 15) is 4.79 Å². The number of hydrogen-bond donors (Lipinski definition) is 3. The molecule has 0 aliphatic heterocycles. The summed E-state index contributed by atoms with van der Waals surface area (Å²) in [6.07, 6.45) is 3.67. The molecule has 4 N–H and O–H groups in total. The Labute approximate surface area is 94.9 Å². The first kappa shape index (κ1) is 8.35. The quantitative estimate of drug-likeness (QED) is 0.577. The Bertz CT molecular complexity index is 266. The maximum Gasteiger partial charge on any atom is 0.312 e. The van der Waals surface area contributed by atoms with Crippen molar-refractivity contribution >= 4 is 6.03 Å². The molecule has 0 aromatic heterocycles. The number of carbonyl (C=O) groups excluding carboxylic acids is 1. The second-order valence-electron chi connectivity index (χ2n) is 3.86. The number of primary amides is 1. The predicted molar refractivity (Wildman–Crippen MR) is 58.6 cm³/mol. The van der Waals surface area contributed by atoms with E-state index in [1.807, 2.05) is 0 Å². The van der Waals surface area contributed by atoms with Crippen molar-refractivity contribution in [3.63, 3.8) is 0 Å². The predicted octanol–water partition coefficient (Wildman–Crippen LogP) is 0.202. The average molecular weight is 218 g/mol. The molecule has 0 radical (unpaired) electrons. The summed E-state index contributed by atoms with van der Waals surface area (Å²) in [5.74, 6) is 0. The Kier molecular flexibility index (Phi) is 3.69. The zero-order valence-corrected chi connectivity index (χ0v) is 8.79. The van der Waals surface area contributed by atoms with Crippen LogP contribution in [0.5, 0.6) is 0 Å². The normalized spacial score (nSPS) is 30.0. The number of hydrogen-bond acceptors (Lipinski definition) is 3. The first-order valence-electron chi connectivity index (χ1n) is 6.80. The van der Waals surface area contributed by atoms with E-state index in [0.717, 1.165) is 25.7 Å². The summed E-state index contributed by atoms with van der Waals surface area (Å²) < 4.78 is 25.3. The van der Waals surface area contributed by atoms with Gasteiger partial charge in [0, 0.05) is 25.7 Å². The van der Waals surface area contributed by atoms with Crippen LogP contribution in [0, 0.1) is 0 Å². The average Bonchev–Trinajstić information content (AvgIpc) is 2.24. The van der Waals surface area contributed by atoms with E-state index in [1.54, 1.807) is 0 Å². The minimum absolute atomic E-state index is 0.166. The van der Waals surface area contributed by atoms with Crippen LogP contribution in [-0.4, -0.2) is 38.3 Å². The molecule has 0 bridgehead atoms. The number of rotatable bonds is 5. The first-order chi connectivity index (χ1) is 8.37. The molecule has 0 saturated heterocycles. The van der Waals surface area contributed by atoms with Crippen LogP contribution in [0.3, 0.4) is 0 Å². The van der Waals surface area contributed by atoms with Gasteiger partial charge in [0.05, 0.1) is 10.7 Å². The Balaban J connectivity index is 2.07. The number of carbonyl (C=O) groups is 1. The molecular formula is C10H21N3O2. The third-order valence-electron chi connectivity index (χ3n) is 2.71. The van der Waals surface area contributed by atoms with E-state index in [1.165, 1.54) is 0 Å². The number of methoxy groups -OCH3 is 1. The van der Waals surface area contributed by atoms with Gasteiger partial charge in [-0.05, 0) is 25.7 Å². The molecular weight excluding hydrogens is 194 g/mol. The molecule has 1 rings (SSSR count). The van der Waals surface area contributed by atoms with Crippen molar-refractivity contribution in [2.75, 3.05) is 20.2 Å². The van der Waals surface area contributed by atoms with Crippen molar-refractivity contribution in [2.45, 2.75) is 37.8 Å². The third kappa shape index (κ3) is 4.99. The van der Waals surface area contributed by atoms with Crippen LogP contribution in [0.2, 0.25) is 0 Å². The molecule has 1 aliphatic carbocycles. The van der Waals surface area contributed by atoms with Gasteiger partial charge in [0.2, 0.25) is 0 Å². The van der Waals surface area contributed by atoms with Crippen molar-refractivity contribution < 1.29 is 13.6 Å². The van der Waals surface area contributed by atoms with Gasteiger partial charge >= 0.3 is 6.03 Å². The standard InChI is InChI=1S/C10H21N3O2/c1-15-7-6-12-8-2-4-9(5-3-8)13-10(11)14/h8-9,12H,2-7H2,1H3,(H3,11,13,14)/i1D3. The maximum atomic E-state index is 10.7. The molecule has 0 aromatic rings. The fourth-order valence-electron chi connectivity index (χ4n) is 1.96. The maximum absolute atomic E-state index is 10.7. The lowest BCUT2D eigenvalue weighted by Crippen LogP contribution is -2.44. The number of amides is 2. The van der Waals surface area contributed by atoms with Crippen molar-refractivity contribution in [1.29, 1.82) is 0 Å². The summed E-state index contributed by atoms with van der Waals surface area (Å²) >= 11 is 0. The molecule has 1 saturated carbocycles. The van der Waals surface area contributed by atoms with E-state index < -0.39 is 13.1 Å². The molecule has 88 valence electrons. The van der Waals surface area contributed by atoms with Gasteiger partial charge in [-0.2, -0.15) is 0 Å². The van der Waals surface area contributed by atoms with Crippen LogP contribution < -0.4 is 16.4 Å². The number of nitrogens with one attached hydrogen (secondary N) is 2. The smallest absolute Gasteiger partial charge is 0.312 e. The van der Waals surface area contributed by atoms with Gasteiger partial charge in [-0.25, -0.2) is 4.79 Å². The van der Waals surface area contributed by atoms with E-state index in [2.05, 4.69) is 15.4 Å². The Morgan fingerprint density at radius 1 is 1.47 bits per heavy atom. The summed E-state index contributed by atoms with van der Waals surface area (Å²) in [7, 11) is -2.31. The highest BCUT2D eigenvalue weighted by Gasteiger charge is 2.20. The largest absolute Gasteiger partial charge is 0.383 e. The molecule has 0 unspecified atom stereocenters. The lowest BCUT2D eigenvalue weighted by molar-refractivity contribution is 0.190. The lowest BCUT2D eigenvalue weighted by Gasteiger charge is -2.29. The van der Waals surface area contributed by atoms with E-state index in [4.69, 9.17) is 9.85 Å². The van der Waals surface area contributed by atoms with E-state index >= 15 is 0 Å². The van der Waals surface area contributed by atoms with Gasteiger partial charge in [0.1, 0.15) is 0 Å². The van der Waals surface area contributed by atoms with Gasteiger partial charge in [-0.1, -0.05) is 0 Å². The van der Waals surface area contributed by atoms with Crippen LogP contribution >= 0.6 is 0 Å². The van der Waals surface area contributed by atoms with Crippen LogP contribution in [0.1, 0.15) is 29.8 Å². The molecule has 0 aromatic carbocycles. The molecule has 15 heavy (non-hydrogen) atoms. The van der Waals surface area contributed by atoms with Crippen molar-refractivity contribution in [3.05, 3.63) is 0 Å². The Morgan fingerprint density at radius 2 is 2.13 bits per heavy atom. The number of nitrogens with two attached hydrogens (primary N) is 1. The minimum Gasteiger partial charge on any atom is -0.383 e. The Hall–Kier alpha value is -0.810. The lowest BCUT2D eigenvalue weighted by atomic mass is 9.91. The second kappa shape index (κ2) is 6.63. The molecule has 2 amide bonds. The monoisotopic (exact) mass is 218 g/mol. The van der Waals surface area contributed by atoms with E-state index in [-0.39, 0.29) is 12.6 Å². The molecule has 5 nitrogen and oxygen atoms in total. The van der Waals surface area contributed by atoms with Crippen molar-refractivity contribution in [1.82, 2.24) is 10.6 Å².